The molecule has 0 N–H and O–H groups in total. The van der Waals surface area contributed by atoms with Gasteiger partial charge >= 0.3 is 6.09 Å². The summed E-state index contributed by atoms with van der Waals surface area (Å²) in [5.41, 5.74) is 8.98. The number of amides is 1. The van der Waals surface area contributed by atoms with Crippen molar-refractivity contribution in [1.82, 2.24) is 9.97 Å². The first-order valence-electron chi connectivity index (χ1n) is 6.66. The molecule has 0 unspecified atom stereocenters. The lowest BCUT2D eigenvalue weighted by molar-refractivity contribution is 0.161. The van der Waals surface area contributed by atoms with Gasteiger partial charge in [0.15, 0.2) is 0 Å². The number of anilines is 1. The summed E-state index contributed by atoms with van der Waals surface area (Å²) in [5, 5.41) is 4.31. The average Bonchev–Trinajstić information content (AvgIpc) is 3.05. The zero-order chi connectivity index (χ0) is 17.4. The third-order valence-corrected chi connectivity index (χ3v) is 4.36. The van der Waals surface area contributed by atoms with Crippen molar-refractivity contribution in [2.45, 2.75) is 0 Å². The molecule has 0 aliphatic carbocycles. The topological polar surface area (TPSA) is 104 Å². The highest BCUT2D eigenvalue weighted by molar-refractivity contribution is 7.98. The summed E-state index contributed by atoms with van der Waals surface area (Å²) in [5.74, 6) is 0.177. The molecule has 0 bridgehead atoms. The van der Waals surface area contributed by atoms with Gasteiger partial charge in [-0.15, -0.1) is 0 Å². The van der Waals surface area contributed by atoms with Crippen LogP contribution in [0.15, 0.2) is 29.8 Å². The summed E-state index contributed by atoms with van der Waals surface area (Å²) in [6, 6.07) is 1.30. The van der Waals surface area contributed by atoms with Gasteiger partial charge in [0.05, 0.1) is 12.4 Å². The molecule has 8 nitrogen and oxygen atoms in total. The minimum Gasteiger partial charge on any atom is -0.448 e. The van der Waals surface area contributed by atoms with Gasteiger partial charge in [-0.1, -0.05) is 16.5 Å². The van der Waals surface area contributed by atoms with Crippen molar-refractivity contribution < 1.29 is 13.9 Å². The number of aromatic nitrogens is 2. The monoisotopic (exact) mass is 368 g/mol. The molecule has 0 aliphatic rings. The summed E-state index contributed by atoms with van der Waals surface area (Å²) < 4.78 is 18.4. The molecular formula is C13H13FN6O2S2. The molecular weight excluding hydrogens is 355 g/mol. The Kier molecular flexibility index (Phi) is 6.79. The smallest absolute Gasteiger partial charge is 0.415 e. The molecule has 0 atom stereocenters. The van der Waals surface area contributed by atoms with Crippen LogP contribution < -0.4 is 4.90 Å². The molecule has 0 radical (unpaired) electrons. The first-order valence-corrected chi connectivity index (χ1v) is 8.87. The summed E-state index contributed by atoms with van der Waals surface area (Å²) in [4.78, 5) is 23.9. The predicted molar refractivity (Wildman–Crippen MR) is 91.5 cm³/mol. The molecule has 0 spiro atoms. The van der Waals surface area contributed by atoms with Crippen LogP contribution in [0.5, 0.6) is 0 Å². The highest BCUT2D eigenvalue weighted by Crippen LogP contribution is 2.31. The van der Waals surface area contributed by atoms with Crippen LogP contribution in [0.3, 0.4) is 0 Å². The summed E-state index contributed by atoms with van der Waals surface area (Å²) in [6.07, 6.45) is 5.26. The number of pyridine rings is 1. The Morgan fingerprint density at radius 3 is 3.08 bits per heavy atom. The van der Waals surface area contributed by atoms with E-state index < -0.39 is 11.9 Å². The third kappa shape index (κ3) is 4.82. The van der Waals surface area contributed by atoms with Gasteiger partial charge in [0, 0.05) is 22.4 Å². The number of hydrogen-bond donors (Lipinski definition) is 0. The van der Waals surface area contributed by atoms with E-state index in [1.165, 1.54) is 23.4 Å². The molecule has 2 heterocycles. The van der Waals surface area contributed by atoms with Crippen LogP contribution in [-0.2, 0) is 4.74 Å². The van der Waals surface area contributed by atoms with E-state index in [2.05, 4.69) is 20.0 Å². The molecule has 0 aliphatic heterocycles. The van der Waals surface area contributed by atoms with Crippen LogP contribution in [0.1, 0.15) is 0 Å². The fraction of sp³-hybridized carbons (Fsp3) is 0.308. The Labute approximate surface area is 145 Å². The Bertz CT molecular complexity index is 750. The second kappa shape index (κ2) is 9.06. The van der Waals surface area contributed by atoms with Crippen molar-refractivity contribution in [3.05, 3.63) is 40.9 Å². The summed E-state index contributed by atoms with van der Waals surface area (Å²) >= 11 is 2.68. The van der Waals surface area contributed by atoms with Gasteiger partial charge in [0.1, 0.15) is 29.1 Å². The van der Waals surface area contributed by atoms with Crippen molar-refractivity contribution in [3.8, 4) is 10.6 Å². The Balaban J connectivity index is 2.20. The maximum absolute atomic E-state index is 13.3. The number of azide groups is 1. The lowest BCUT2D eigenvalue weighted by atomic mass is 10.3. The van der Waals surface area contributed by atoms with Gasteiger partial charge in [-0.3, -0.25) is 9.88 Å². The number of thiazole rings is 1. The van der Waals surface area contributed by atoms with E-state index in [0.717, 1.165) is 17.5 Å². The van der Waals surface area contributed by atoms with Gasteiger partial charge < -0.3 is 4.74 Å². The lowest BCUT2D eigenvalue weighted by Gasteiger charge is -2.17. The van der Waals surface area contributed by atoms with Gasteiger partial charge in [0.2, 0.25) is 0 Å². The standard InChI is InChI=1S/C13H13FN6O2S2/c1-23-3-2-22-13(21)20(8-18-19-15)11-7-17-12(24-11)9-4-10(14)6-16-5-9/h4-7H,2-3,8H2,1H3. The number of thioether (sulfide) groups is 1. The SMILES string of the molecule is CSCCOC(=O)N(CN=[N+]=[N-])c1cnc(-c2cncc(F)c2)s1. The number of carbonyl (C=O) groups is 1. The van der Waals surface area contributed by atoms with Gasteiger partial charge in [-0.25, -0.2) is 14.2 Å². The Hall–Kier alpha value is -2.36. The predicted octanol–water partition coefficient (Wildman–Crippen LogP) is 3.92. The molecule has 0 saturated heterocycles. The molecule has 24 heavy (non-hydrogen) atoms. The number of nitrogens with zero attached hydrogens (tertiary/aromatic N) is 6. The van der Waals surface area contributed by atoms with E-state index in [4.69, 9.17) is 10.3 Å². The molecule has 0 aromatic carbocycles. The van der Waals surface area contributed by atoms with Crippen molar-refractivity contribution in [1.29, 1.82) is 0 Å². The number of halogens is 1. The minimum atomic E-state index is -0.635. The molecule has 2 aromatic heterocycles. The average molecular weight is 368 g/mol. The van der Waals surface area contributed by atoms with E-state index in [0.29, 0.717) is 21.3 Å². The third-order valence-electron chi connectivity index (χ3n) is 2.71. The molecule has 126 valence electrons. The van der Waals surface area contributed by atoms with Crippen LogP contribution in [-0.4, -0.2) is 41.3 Å². The first kappa shape index (κ1) is 18.0. The second-order valence-electron chi connectivity index (χ2n) is 4.30. The number of hydrogen-bond acceptors (Lipinski definition) is 7. The molecule has 1 amide bonds. The van der Waals surface area contributed by atoms with E-state index >= 15 is 0 Å². The van der Waals surface area contributed by atoms with Crippen LogP contribution in [0.25, 0.3) is 21.0 Å². The molecule has 2 aromatic rings. The molecule has 0 saturated carbocycles. The van der Waals surface area contributed by atoms with Crippen LogP contribution >= 0.6 is 23.1 Å². The zero-order valence-electron chi connectivity index (χ0n) is 12.6. The van der Waals surface area contributed by atoms with E-state index in [9.17, 15) is 9.18 Å². The van der Waals surface area contributed by atoms with Gasteiger partial charge in [0.25, 0.3) is 0 Å². The number of carbonyl (C=O) groups excluding carboxylic acids is 1. The highest BCUT2D eigenvalue weighted by Gasteiger charge is 2.20. The van der Waals surface area contributed by atoms with Crippen LogP contribution in [0.2, 0.25) is 0 Å². The molecule has 11 heteroatoms. The van der Waals surface area contributed by atoms with Crippen molar-refractivity contribution >= 4 is 34.2 Å². The zero-order valence-corrected chi connectivity index (χ0v) is 14.3. The fourth-order valence-corrected chi connectivity index (χ4v) is 2.78. The maximum Gasteiger partial charge on any atom is 0.415 e. The summed E-state index contributed by atoms with van der Waals surface area (Å²) in [6.45, 7) is 0.0177. The van der Waals surface area contributed by atoms with Crippen LogP contribution in [0, 0.1) is 5.82 Å². The van der Waals surface area contributed by atoms with Crippen LogP contribution in [0.4, 0.5) is 14.2 Å². The van der Waals surface area contributed by atoms with Crippen molar-refractivity contribution in [3.63, 3.8) is 0 Å². The second-order valence-corrected chi connectivity index (χ2v) is 6.30. The van der Waals surface area contributed by atoms with Crippen molar-refractivity contribution in [2.75, 3.05) is 30.2 Å². The van der Waals surface area contributed by atoms with E-state index in [1.807, 2.05) is 6.26 Å². The highest BCUT2D eigenvalue weighted by atomic mass is 32.2. The number of rotatable bonds is 7. The summed E-state index contributed by atoms with van der Waals surface area (Å²) in [7, 11) is 0. The normalized spacial score (nSPS) is 10.1. The van der Waals surface area contributed by atoms with E-state index in [1.54, 1.807) is 11.8 Å². The Morgan fingerprint density at radius 2 is 2.38 bits per heavy atom. The lowest BCUT2D eigenvalue weighted by Crippen LogP contribution is -2.31. The molecule has 2 rings (SSSR count). The van der Waals surface area contributed by atoms with Gasteiger partial charge in [-0.2, -0.15) is 11.8 Å². The van der Waals surface area contributed by atoms with Crippen molar-refractivity contribution in [2.24, 2.45) is 5.11 Å². The quantitative estimate of drug-likeness (QED) is 0.319. The Morgan fingerprint density at radius 1 is 1.54 bits per heavy atom. The minimum absolute atomic E-state index is 0.225. The van der Waals surface area contributed by atoms with Gasteiger partial charge in [-0.05, 0) is 17.9 Å². The fourth-order valence-electron chi connectivity index (χ4n) is 1.65. The molecule has 0 fully saturated rings. The van der Waals surface area contributed by atoms with E-state index in [-0.39, 0.29) is 13.3 Å². The maximum atomic E-state index is 13.3. The first-order chi connectivity index (χ1) is 11.7. The number of ether oxygens (including phenoxy) is 1. The largest absolute Gasteiger partial charge is 0.448 e.